The summed E-state index contributed by atoms with van der Waals surface area (Å²) < 4.78 is 4.74. The number of rotatable bonds is 5. The van der Waals surface area contributed by atoms with Crippen LogP contribution in [-0.2, 0) is 14.3 Å². The Kier molecular flexibility index (Phi) is 5.57. The van der Waals surface area contributed by atoms with Crippen molar-refractivity contribution in [3.63, 3.8) is 0 Å². The van der Waals surface area contributed by atoms with Crippen molar-refractivity contribution in [2.45, 2.75) is 44.8 Å². The molecule has 0 saturated heterocycles. The molecule has 0 spiro atoms. The van der Waals surface area contributed by atoms with Gasteiger partial charge in [0.05, 0.1) is 0 Å². The summed E-state index contributed by atoms with van der Waals surface area (Å²) in [5.41, 5.74) is 0. The number of ether oxygens (including phenoxy) is 1. The number of amides is 3. The van der Waals surface area contributed by atoms with Crippen molar-refractivity contribution in [1.82, 2.24) is 10.6 Å². The Balaban J connectivity index is 2.18. The molecule has 0 aromatic carbocycles. The molecule has 102 valence electrons. The maximum Gasteiger partial charge on any atom is 0.332 e. The van der Waals surface area contributed by atoms with Crippen molar-refractivity contribution >= 4 is 17.9 Å². The summed E-state index contributed by atoms with van der Waals surface area (Å²) in [5, 5.41) is 13.3. The Bertz CT molecular complexity index is 325. The Hall–Kier alpha value is -1.63. The highest BCUT2D eigenvalue weighted by atomic mass is 16.5. The van der Waals surface area contributed by atoms with Gasteiger partial charge in [0.1, 0.15) is 6.61 Å². The van der Waals surface area contributed by atoms with Crippen molar-refractivity contribution in [1.29, 1.82) is 0 Å². The maximum atomic E-state index is 11.4. The van der Waals surface area contributed by atoms with Crippen LogP contribution < -0.4 is 10.6 Å². The van der Waals surface area contributed by atoms with Gasteiger partial charge in [-0.25, -0.2) is 9.59 Å². The van der Waals surface area contributed by atoms with Crippen molar-refractivity contribution in [2.75, 3.05) is 6.61 Å². The van der Waals surface area contributed by atoms with Gasteiger partial charge in [0.25, 0.3) is 5.91 Å². The van der Waals surface area contributed by atoms with E-state index in [1.54, 1.807) is 0 Å². The summed E-state index contributed by atoms with van der Waals surface area (Å²) in [7, 11) is 0. The molecule has 0 aromatic rings. The third-order valence-corrected chi connectivity index (χ3v) is 2.76. The zero-order chi connectivity index (χ0) is 13.5. The van der Waals surface area contributed by atoms with Gasteiger partial charge in [0.15, 0.2) is 6.10 Å². The first-order valence-electron chi connectivity index (χ1n) is 5.94. The third-order valence-electron chi connectivity index (χ3n) is 2.76. The molecule has 1 fully saturated rings. The third kappa shape index (κ3) is 5.13. The normalized spacial score (nSPS) is 17.2. The number of carboxylic acid groups (broad SMARTS) is 1. The molecule has 0 radical (unpaired) electrons. The van der Waals surface area contributed by atoms with Crippen molar-refractivity contribution in [2.24, 2.45) is 0 Å². The SMILES string of the molecule is C[C@H](OCC(=O)NC(=O)NC1CCCC1)C(=O)O. The number of imide groups is 1. The van der Waals surface area contributed by atoms with Gasteiger partial charge in [0, 0.05) is 6.04 Å². The molecule has 1 saturated carbocycles. The first-order valence-corrected chi connectivity index (χ1v) is 5.94. The van der Waals surface area contributed by atoms with Crippen molar-refractivity contribution < 1.29 is 24.2 Å². The highest BCUT2D eigenvalue weighted by molar-refractivity contribution is 5.95. The minimum absolute atomic E-state index is 0.122. The Morgan fingerprint density at radius 3 is 2.50 bits per heavy atom. The second-order valence-corrected chi connectivity index (χ2v) is 4.29. The van der Waals surface area contributed by atoms with E-state index in [0.29, 0.717) is 0 Å². The van der Waals surface area contributed by atoms with E-state index in [1.165, 1.54) is 6.92 Å². The van der Waals surface area contributed by atoms with E-state index in [1.807, 2.05) is 0 Å². The number of hydrogen-bond donors (Lipinski definition) is 3. The molecular weight excluding hydrogens is 240 g/mol. The lowest BCUT2D eigenvalue weighted by Crippen LogP contribution is -2.45. The summed E-state index contributed by atoms with van der Waals surface area (Å²) in [5.74, 6) is -1.81. The van der Waals surface area contributed by atoms with E-state index >= 15 is 0 Å². The van der Waals surface area contributed by atoms with E-state index < -0.39 is 30.6 Å². The molecule has 0 unspecified atom stereocenters. The number of carboxylic acids is 1. The zero-order valence-electron chi connectivity index (χ0n) is 10.3. The van der Waals surface area contributed by atoms with E-state index in [9.17, 15) is 14.4 Å². The summed E-state index contributed by atoms with van der Waals surface area (Å²) in [6.45, 7) is 0.861. The second kappa shape index (κ2) is 6.95. The Morgan fingerprint density at radius 2 is 1.94 bits per heavy atom. The molecule has 0 aliphatic heterocycles. The Labute approximate surface area is 105 Å². The molecule has 0 heterocycles. The zero-order valence-corrected chi connectivity index (χ0v) is 10.3. The predicted molar refractivity (Wildman–Crippen MR) is 62.0 cm³/mol. The van der Waals surface area contributed by atoms with Gasteiger partial charge in [-0.1, -0.05) is 12.8 Å². The van der Waals surface area contributed by atoms with Crippen LogP contribution in [0.25, 0.3) is 0 Å². The fourth-order valence-corrected chi connectivity index (χ4v) is 1.73. The van der Waals surface area contributed by atoms with Crippen LogP contribution in [0.2, 0.25) is 0 Å². The largest absolute Gasteiger partial charge is 0.479 e. The van der Waals surface area contributed by atoms with Crippen LogP contribution in [0, 0.1) is 0 Å². The smallest absolute Gasteiger partial charge is 0.332 e. The summed E-state index contributed by atoms with van der Waals surface area (Å²) in [6, 6.07) is -0.435. The first kappa shape index (κ1) is 14.4. The molecule has 0 bridgehead atoms. The van der Waals surface area contributed by atoms with Gasteiger partial charge in [-0.05, 0) is 19.8 Å². The fourth-order valence-electron chi connectivity index (χ4n) is 1.73. The molecule has 1 aliphatic rings. The van der Waals surface area contributed by atoms with E-state index in [4.69, 9.17) is 9.84 Å². The lowest BCUT2D eigenvalue weighted by atomic mass is 10.2. The number of carbonyl (C=O) groups excluding carboxylic acids is 2. The van der Waals surface area contributed by atoms with E-state index in [0.717, 1.165) is 25.7 Å². The van der Waals surface area contributed by atoms with Gasteiger partial charge in [-0.15, -0.1) is 0 Å². The maximum absolute atomic E-state index is 11.4. The monoisotopic (exact) mass is 258 g/mol. The van der Waals surface area contributed by atoms with Gasteiger partial charge >= 0.3 is 12.0 Å². The highest BCUT2D eigenvalue weighted by Gasteiger charge is 2.19. The fraction of sp³-hybridized carbons (Fsp3) is 0.727. The van der Waals surface area contributed by atoms with Crippen LogP contribution in [0.15, 0.2) is 0 Å². The van der Waals surface area contributed by atoms with Crippen molar-refractivity contribution in [3.05, 3.63) is 0 Å². The average Bonchev–Trinajstić information content (AvgIpc) is 2.78. The van der Waals surface area contributed by atoms with Crippen LogP contribution in [0.4, 0.5) is 4.79 Å². The highest BCUT2D eigenvalue weighted by Crippen LogP contribution is 2.17. The van der Waals surface area contributed by atoms with E-state index in [-0.39, 0.29) is 6.04 Å². The van der Waals surface area contributed by atoms with Gasteiger partial charge in [0.2, 0.25) is 0 Å². The predicted octanol–water partition coefficient (Wildman–Crippen LogP) is 0.245. The summed E-state index contributed by atoms with van der Waals surface area (Å²) in [6.07, 6.45) is 2.94. The molecule has 1 atom stereocenters. The molecule has 7 heteroatoms. The number of aliphatic carboxylic acids is 1. The molecule has 3 amide bonds. The summed E-state index contributed by atoms with van der Waals surface area (Å²) >= 11 is 0. The molecule has 18 heavy (non-hydrogen) atoms. The Morgan fingerprint density at radius 1 is 1.33 bits per heavy atom. The van der Waals surface area contributed by atoms with Gasteiger partial charge in [-0.2, -0.15) is 0 Å². The van der Waals surface area contributed by atoms with Crippen LogP contribution in [0.5, 0.6) is 0 Å². The number of nitrogens with one attached hydrogen (secondary N) is 2. The average molecular weight is 258 g/mol. The van der Waals surface area contributed by atoms with Crippen LogP contribution in [-0.4, -0.2) is 41.8 Å². The van der Waals surface area contributed by atoms with Crippen LogP contribution >= 0.6 is 0 Å². The van der Waals surface area contributed by atoms with Crippen LogP contribution in [0.3, 0.4) is 0 Å². The second-order valence-electron chi connectivity index (χ2n) is 4.29. The standard InChI is InChI=1S/C11H18N2O5/c1-7(10(15)16)18-6-9(14)13-11(17)12-8-4-2-3-5-8/h7-8H,2-6H2,1H3,(H,15,16)(H2,12,13,14,17)/t7-/m0/s1. The van der Waals surface area contributed by atoms with Crippen LogP contribution in [0.1, 0.15) is 32.6 Å². The minimum atomic E-state index is -1.15. The molecule has 3 N–H and O–H groups in total. The van der Waals surface area contributed by atoms with Gasteiger partial charge < -0.3 is 15.2 Å². The topological polar surface area (TPSA) is 105 Å². The molecular formula is C11H18N2O5. The number of carbonyl (C=O) groups is 3. The van der Waals surface area contributed by atoms with E-state index in [2.05, 4.69) is 10.6 Å². The molecule has 1 rings (SSSR count). The quantitative estimate of drug-likeness (QED) is 0.655. The van der Waals surface area contributed by atoms with Crippen molar-refractivity contribution in [3.8, 4) is 0 Å². The molecule has 1 aliphatic carbocycles. The first-order chi connectivity index (χ1) is 8.49. The molecule has 7 nitrogen and oxygen atoms in total. The minimum Gasteiger partial charge on any atom is -0.479 e. The lowest BCUT2D eigenvalue weighted by Gasteiger charge is -2.12. The lowest BCUT2D eigenvalue weighted by molar-refractivity contribution is -0.150. The number of hydrogen-bond acceptors (Lipinski definition) is 4. The summed E-state index contributed by atoms with van der Waals surface area (Å²) in [4.78, 5) is 33.1. The number of urea groups is 1. The van der Waals surface area contributed by atoms with Gasteiger partial charge in [-0.3, -0.25) is 10.1 Å². The molecule has 0 aromatic heterocycles.